The van der Waals surface area contributed by atoms with Gasteiger partial charge >= 0.3 is 6.18 Å². The maximum atomic E-state index is 12.2. The van der Waals surface area contributed by atoms with Crippen LogP contribution in [0.2, 0.25) is 0 Å². The minimum atomic E-state index is -4.46. The molecule has 0 unspecified atom stereocenters. The highest BCUT2D eigenvalue weighted by Crippen LogP contribution is 2.21. The van der Waals surface area contributed by atoms with Gasteiger partial charge in [-0.3, -0.25) is 4.79 Å². The summed E-state index contributed by atoms with van der Waals surface area (Å²) < 4.78 is 43.0. The lowest BCUT2D eigenvalue weighted by Gasteiger charge is -2.19. The molecule has 24 heavy (non-hydrogen) atoms. The van der Waals surface area contributed by atoms with E-state index in [9.17, 15) is 18.0 Å². The molecule has 0 saturated carbocycles. The number of nitrogens with zero attached hydrogens (tertiary/aromatic N) is 2. The fourth-order valence-electron chi connectivity index (χ4n) is 2.45. The van der Waals surface area contributed by atoms with Crippen molar-refractivity contribution in [2.45, 2.75) is 45.6 Å². The molecule has 2 atom stereocenters. The van der Waals surface area contributed by atoms with Gasteiger partial charge < -0.3 is 14.6 Å². The van der Waals surface area contributed by atoms with E-state index in [-0.39, 0.29) is 0 Å². The quantitative estimate of drug-likeness (QED) is 0.876. The van der Waals surface area contributed by atoms with Crippen molar-refractivity contribution >= 4 is 16.9 Å². The fourth-order valence-corrected chi connectivity index (χ4v) is 2.45. The van der Waals surface area contributed by atoms with Crippen LogP contribution in [0, 0.1) is 0 Å². The molecule has 0 bridgehead atoms. The van der Waals surface area contributed by atoms with E-state index in [0.717, 1.165) is 11.0 Å². The summed E-state index contributed by atoms with van der Waals surface area (Å²) in [6, 6.07) is 7.11. The van der Waals surface area contributed by atoms with Gasteiger partial charge in [-0.05, 0) is 32.9 Å². The Balaban J connectivity index is 2.09. The summed E-state index contributed by atoms with van der Waals surface area (Å²) in [6.45, 7) is 4.19. The van der Waals surface area contributed by atoms with E-state index in [4.69, 9.17) is 0 Å². The average Bonchev–Trinajstić information content (AvgIpc) is 2.90. The highest BCUT2D eigenvalue weighted by atomic mass is 19.4. The number of amides is 1. The van der Waals surface area contributed by atoms with Crippen LogP contribution in [0.3, 0.4) is 0 Å². The fraction of sp³-hybridized carbons (Fsp3) is 0.500. The molecule has 0 aliphatic carbocycles. The zero-order chi connectivity index (χ0) is 17.9. The molecule has 0 aliphatic heterocycles. The van der Waals surface area contributed by atoms with Crippen LogP contribution in [0.1, 0.15) is 32.6 Å². The number of fused-ring (bicyclic) bond motifs is 1. The van der Waals surface area contributed by atoms with Crippen molar-refractivity contribution < 1.29 is 22.7 Å². The molecule has 0 fully saturated rings. The summed E-state index contributed by atoms with van der Waals surface area (Å²) >= 11 is 0. The lowest BCUT2D eigenvalue weighted by atomic mass is 10.2. The first-order valence-corrected chi connectivity index (χ1v) is 7.66. The van der Waals surface area contributed by atoms with Crippen molar-refractivity contribution in [1.82, 2.24) is 14.9 Å². The summed E-state index contributed by atoms with van der Waals surface area (Å²) in [5, 5.41) is 2.65. The van der Waals surface area contributed by atoms with E-state index in [2.05, 4.69) is 15.0 Å². The summed E-state index contributed by atoms with van der Waals surface area (Å²) in [6.07, 6.45) is -5.66. The Kier molecular flexibility index (Phi) is 5.48. The SMILES string of the molecule is CCn1c([C@H](C)NC(=O)[C@H](C)OCC(F)(F)F)nc2ccccc21. The molecular formula is C16H20F3N3O2. The van der Waals surface area contributed by atoms with Gasteiger partial charge in [0, 0.05) is 6.54 Å². The number of halogens is 3. The molecule has 0 saturated heterocycles. The number of benzene rings is 1. The first-order valence-electron chi connectivity index (χ1n) is 7.66. The summed E-state index contributed by atoms with van der Waals surface area (Å²) in [7, 11) is 0. The van der Waals surface area contributed by atoms with E-state index in [1.165, 1.54) is 6.92 Å². The second-order valence-electron chi connectivity index (χ2n) is 5.50. The highest BCUT2D eigenvalue weighted by molar-refractivity contribution is 5.81. The maximum Gasteiger partial charge on any atom is 0.411 e. The topological polar surface area (TPSA) is 56.2 Å². The largest absolute Gasteiger partial charge is 0.411 e. The minimum Gasteiger partial charge on any atom is -0.359 e. The zero-order valence-electron chi connectivity index (χ0n) is 13.7. The highest BCUT2D eigenvalue weighted by Gasteiger charge is 2.30. The van der Waals surface area contributed by atoms with Crippen LogP contribution in [-0.4, -0.2) is 34.3 Å². The monoisotopic (exact) mass is 343 g/mol. The molecule has 132 valence electrons. The number of ether oxygens (including phenoxy) is 1. The van der Waals surface area contributed by atoms with Gasteiger partial charge in [-0.1, -0.05) is 12.1 Å². The van der Waals surface area contributed by atoms with E-state index in [1.807, 2.05) is 35.8 Å². The van der Waals surface area contributed by atoms with Crippen molar-refractivity contribution in [1.29, 1.82) is 0 Å². The molecular weight excluding hydrogens is 323 g/mol. The maximum absolute atomic E-state index is 12.2. The molecule has 1 amide bonds. The average molecular weight is 343 g/mol. The Morgan fingerprint density at radius 1 is 1.33 bits per heavy atom. The number of aryl methyl sites for hydroxylation is 1. The number of aromatic nitrogens is 2. The van der Waals surface area contributed by atoms with Crippen LogP contribution in [0.25, 0.3) is 11.0 Å². The van der Waals surface area contributed by atoms with Gasteiger partial charge in [-0.25, -0.2) is 4.98 Å². The minimum absolute atomic E-state index is 0.457. The van der Waals surface area contributed by atoms with Crippen LogP contribution in [-0.2, 0) is 16.1 Å². The van der Waals surface area contributed by atoms with E-state index < -0.39 is 30.8 Å². The predicted molar refractivity (Wildman–Crippen MR) is 83.4 cm³/mol. The number of carbonyl (C=O) groups is 1. The van der Waals surface area contributed by atoms with Crippen molar-refractivity contribution in [2.75, 3.05) is 6.61 Å². The molecule has 1 N–H and O–H groups in total. The van der Waals surface area contributed by atoms with Crippen LogP contribution < -0.4 is 5.32 Å². The van der Waals surface area contributed by atoms with E-state index >= 15 is 0 Å². The second kappa shape index (κ2) is 7.21. The third-order valence-corrected chi connectivity index (χ3v) is 3.61. The molecule has 2 aromatic rings. The Hall–Kier alpha value is -2.09. The smallest absolute Gasteiger partial charge is 0.359 e. The Bertz CT molecular complexity index is 712. The Morgan fingerprint density at radius 2 is 2.00 bits per heavy atom. The molecule has 8 heteroatoms. The molecule has 5 nitrogen and oxygen atoms in total. The molecule has 1 heterocycles. The Labute approximate surface area is 137 Å². The van der Waals surface area contributed by atoms with Crippen LogP contribution in [0.5, 0.6) is 0 Å². The number of nitrogens with one attached hydrogen (secondary N) is 1. The van der Waals surface area contributed by atoms with Gasteiger partial charge in [0.25, 0.3) is 0 Å². The van der Waals surface area contributed by atoms with Crippen molar-refractivity contribution in [3.8, 4) is 0 Å². The predicted octanol–water partition coefficient (Wildman–Crippen LogP) is 3.20. The number of carbonyl (C=O) groups excluding carboxylic acids is 1. The van der Waals surface area contributed by atoms with Crippen LogP contribution >= 0.6 is 0 Å². The standard InChI is InChI=1S/C16H20F3N3O2/c1-4-22-13-8-6-5-7-12(13)21-14(22)10(2)20-15(23)11(3)24-9-16(17,18)19/h5-8,10-11H,4,9H2,1-3H3,(H,20,23)/t10-,11-/m0/s1. The third kappa shape index (κ3) is 4.25. The molecule has 1 aromatic carbocycles. The van der Waals surface area contributed by atoms with Crippen molar-refractivity contribution in [2.24, 2.45) is 0 Å². The first kappa shape index (κ1) is 18.3. The summed E-state index contributed by atoms with van der Waals surface area (Å²) in [5.74, 6) is 0.0385. The number of alkyl halides is 3. The van der Waals surface area contributed by atoms with E-state index in [0.29, 0.717) is 12.4 Å². The van der Waals surface area contributed by atoms with Gasteiger partial charge in [0.1, 0.15) is 18.5 Å². The second-order valence-corrected chi connectivity index (χ2v) is 5.50. The van der Waals surface area contributed by atoms with Crippen molar-refractivity contribution in [3.05, 3.63) is 30.1 Å². The number of rotatable bonds is 6. The van der Waals surface area contributed by atoms with Gasteiger partial charge in [-0.15, -0.1) is 0 Å². The van der Waals surface area contributed by atoms with Gasteiger partial charge in [-0.2, -0.15) is 13.2 Å². The number of hydrogen-bond donors (Lipinski definition) is 1. The van der Waals surface area contributed by atoms with Crippen LogP contribution in [0.4, 0.5) is 13.2 Å². The van der Waals surface area contributed by atoms with E-state index in [1.54, 1.807) is 6.92 Å². The van der Waals surface area contributed by atoms with Gasteiger partial charge in [0.15, 0.2) is 0 Å². The molecule has 2 rings (SSSR count). The lowest BCUT2D eigenvalue weighted by molar-refractivity contribution is -0.185. The summed E-state index contributed by atoms with van der Waals surface area (Å²) in [5.41, 5.74) is 1.74. The molecule has 0 aliphatic rings. The van der Waals surface area contributed by atoms with Gasteiger partial charge in [0.2, 0.25) is 5.91 Å². The summed E-state index contributed by atoms with van der Waals surface area (Å²) in [4.78, 5) is 16.5. The lowest BCUT2D eigenvalue weighted by Crippen LogP contribution is -2.38. The molecule has 0 spiro atoms. The number of hydrogen-bond acceptors (Lipinski definition) is 3. The van der Waals surface area contributed by atoms with Crippen LogP contribution in [0.15, 0.2) is 24.3 Å². The van der Waals surface area contributed by atoms with Crippen molar-refractivity contribution in [3.63, 3.8) is 0 Å². The Morgan fingerprint density at radius 3 is 2.62 bits per heavy atom. The third-order valence-electron chi connectivity index (χ3n) is 3.61. The molecule has 1 aromatic heterocycles. The first-order chi connectivity index (χ1) is 11.2. The molecule has 0 radical (unpaired) electrons. The zero-order valence-corrected chi connectivity index (χ0v) is 13.7. The van der Waals surface area contributed by atoms with Gasteiger partial charge in [0.05, 0.1) is 17.1 Å². The normalized spacial score (nSPS) is 14.6. The number of imidazole rings is 1. The number of para-hydroxylation sites is 2.